The maximum Gasteiger partial charge on any atom is 0.0703 e. The molecule has 2 heteroatoms. The fourth-order valence-corrected chi connectivity index (χ4v) is 1.80. The summed E-state index contributed by atoms with van der Waals surface area (Å²) in [4.78, 5) is 0. The molecule has 0 saturated carbocycles. The van der Waals surface area contributed by atoms with E-state index in [2.05, 4.69) is 26.1 Å². The molecule has 1 aliphatic heterocycles. The van der Waals surface area contributed by atoms with Crippen molar-refractivity contribution < 1.29 is 4.74 Å². The van der Waals surface area contributed by atoms with Crippen LogP contribution in [0.2, 0.25) is 0 Å². The molecule has 1 N–H and O–H groups in total. The lowest BCUT2D eigenvalue weighted by Crippen LogP contribution is -2.43. The Hall–Kier alpha value is -0.0800. The van der Waals surface area contributed by atoms with Gasteiger partial charge in [-0.05, 0) is 40.2 Å². The van der Waals surface area contributed by atoms with E-state index in [1.54, 1.807) is 0 Å². The van der Waals surface area contributed by atoms with Crippen LogP contribution in [0, 0.1) is 0 Å². The first-order valence-electron chi connectivity index (χ1n) is 5.09. The topological polar surface area (TPSA) is 21.3 Å². The average molecular weight is 171 g/mol. The lowest BCUT2D eigenvalue weighted by atomic mass is 10.0. The zero-order chi connectivity index (χ0) is 8.97. The van der Waals surface area contributed by atoms with Crippen LogP contribution in [0.4, 0.5) is 0 Å². The molecule has 2 nitrogen and oxygen atoms in total. The zero-order valence-corrected chi connectivity index (χ0v) is 8.47. The molecule has 72 valence electrons. The summed E-state index contributed by atoms with van der Waals surface area (Å²) in [6, 6.07) is 0.584. The van der Waals surface area contributed by atoms with E-state index in [4.69, 9.17) is 4.74 Å². The van der Waals surface area contributed by atoms with Gasteiger partial charge < -0.3 is 10.1 Å². The molecule has 1 heterocycles. The molecule has 0 aromatic rings. The molecule has 2 unspecified atom stereocenters. The van der Waals surface area contributed by atoms with Gasteiger partial charge in [-0.3, -0.25) is 0 Å². The maximum atomic E-state index is 5.73. The van der Waals surface area contributed by atoms with Gasteiger partial charge in [-0.15, -0.1) is 0 Å². The highest BCUT2D eigenvalue weighted by molar-refractivity contribution is 4.77. The largest absolute Gasteiger partial charge is 0.374 e. The summed E-state index contributed by atoms with van der Waals surface area (Å²) >= 11 is 0. The summed E-state index contributed by atoms with van der Waals surface area (Å²) in [6.07, 6.45) is 4.66. The van der Waals surface area contributed by atoms with Crippen molar-refractivity contribution in [3.63, 3.8) is 0 Å². The monoisotopic (exact) mass is 171 g/mol. The maximum absolute atomic E-state index is 5.73. The highest BCUT2D eigenvalue weighted by Gasteiger charge is 2.20. The second-order valence-electron chi connectivity index (χ2n) is 3.95. The van der Waals surface area contributed by atoms with Crippen molar-refractivity contribution in [3.05, 3.63) is 0 Å². The first kappa shape index (κ1) is 10.0. The van der Waals surface area contributed by atoms with Crippen LogP contribution in [0.25, 0.3) is 0 Å². The van der Waals surface area contributed by atoms with Gasteiger partial charge in [0.05, 0.1) is 12.2 Å². The van der Waals surface area contributed by atoms with Crippen LogP contribution in [0.5, 0.6) is 0 Å². The van der Waals surface area contributed by atoms with Crippen LogP contribution in [0.1, 0.15) is 40.0 Å². The third-order valence-electron chi connectivity index (χ3n) is 2.40. The molecule has 0 aromatic heterocycles. The quantitative estimate of drug-likeness (QED) is 0.700. The van der Waals surface area contributed by atoms with E-state index in [0.29, 0.717) is 18.2 Å². The van der Waals surface area contributed by atoms with Gasteiger partial charge in [0.15, 0.2) is 0 Å². The van der Waals surface area contributed by atoms with Crippen molar-refractivity contribution in [1.82, 2.24) is 5.32 Å². The Bertz CT molecular complexity index is 119. The number of piperidine rings is 1. The van der Waals surface area contributed by atoms with E-state index in [0.717, 1.165) is 6.54 Å². The van der Waals surface area contributed by atoms with Gasteiger partial charge in [-0.2, -0.15) is 0 Å². The smallest absolute Gasteiger partial charge is 0.0703 e. The van der Waals surface area contributed by atoms with Crippen LogP contribution in [-0.2, 0) is 4.74 Å². The summed E-state index contributed by atoms with van der Waals surface area (Å²) in [5.74, 6) is 0. The Morgan fingerprint density at radius 3 is 2.50 bits per heavy atom. The van der Waals surface area contributed by atoms with E-state index < -0.39 is 0 Å². The van der Waals surface area contributed by atoms with Crippen LogP contribution in [0.15, 0.2) is 0 Å². The van der Waals surface area contributed by atoms with Crippen molar-refractivity contribution in [3.8, 4) is 0 Å². The van der Waals surface area contributed by atoms with Crippen LogP contribution in [-0.4, -0.2) is 24.8 Å². The number of hydrogen-bond acceptors (Lipinski definition) is 2. The summed E-state index contributed by atoms with van der Waals surface area (Å²) in [5, 5.41) is 3.50. The molecule has 0 radical (unpaired) electrons. The fraction of sp³-hybridized carbons (Fsp3) is 1.00. The molecular formula is C10H21NO. The van der Waals surface area contributed by atoms with Gasteiger partial charge in [0.1, 0.15) is 0 Å². The van der Waals surface area contributed by atoms with E-state index in [-0.39, 0.29) is 0 Å². The molecule has 0 bridgehead atoms. The molecule has 0 aliphatic carbocycles. The normalized spacial score (nSPS) is 27.5. The minimum atomic E-state index is 0.351. The molecule has 12 heavy (non-hydrogen) atoms. The van der Waals surface area contributed by atoms with Crippen LogP contribution >= 0.6 is 0 Å². The molecule has 0 amide bonds. The van der Waals surface area contributed by atoms with Crippen molar-refractivity contribution >= 4 is 0 Å². The third-order valence-corrected chi connectivity index (χ3v) is 2.40. The standard InChI is InChI=1S/C10H21NO/c1-8(2)12-9(3)10-6-4-5-7-11-10/h8-11H,4-7H2,1-3H3. The minimum absolute atomic E-state index is 0.351. The van der Waals surface area contributed by atoms with E-state index in [9.17, 15) is 0 Å². The van der Waals surface area contributed by atoms with Gasteiger partial charge >= 0.3 is 0 Å². The summed E-state index contributed by atoms with van der Waals surface area (Å²) in [5.41, 5.74) is 0. The first-order chi connectivity index (χ1) is 5.70. The van der Waals surface area contributed by atoms with Crippen molar-refractivity contribution in [1.29, 1.82) is 0 Å². The average Bonchev–Trinajstić information content (AvgIpc) is 2.05. The Morgan fingerprint density at radius 1 is 1.25 bits per heavy atom. The zero-order valence-electron chi connectivity index (χ0n) is 8.47. The number of rotatable bonds is 3. The fourth-order valence-electron chi connectivity index (χ4n) is 1.80. The van der Waals surface area contributed by atoms with Crippen molar-refractivity contribution in [2.45, 2.75) is 58.3 Å². The van der Waals surface area contributed by atoms with Crippen LogP contribution in [0.3, 0.4) is 0 Å². The molecule has 1 rings (SSSR count). The van der Waals surface area contributed by atoms with E-state index in [1.165, 1.54) is 19.3 Å². The Balaban J connectivity index is 2.24. The number of hydrogen-bond donors (Lipinski definition) is 1. The van der Waals surface area contributed by atoms with Crippen molar-refractivity contribution in [2.24, 2.45) is 0 Å². The number of ether oxygens (including phenoxy) is 1. The first-order valence-corrected chi connectivity index (χ1v) is 5.09. The highest BCUT2D eigenvalue weighted by atomic mass is 16.5. The molecule has 1 aliphatic rings. The SMILES string of the molecule is CC(C)OC(C)C1CCCCN1. The number of nitrogens with one attached hydrogen (secondary N) is 1. The predicted molar refractivity (Wildman–Crippen MR) is 51.3 cm³/mol. The van der Waals surface area contributed by atoms with Crippen LogP contribution < -0.4 is 5.32 Å². The van der Waals surface area contributed by atoms with Gasteiger partial charge in [0.25, 0.3) is 0 Å². The molecule has 1 fully saturated rings. The summed E-state index contributed by atoms with van der Waals surface area (Å²) in [7, 11) is 0. The van der Waals surface area contributed by atoms with E-state index in [1.807, 2.05) is 0 Å². The van der Waals surface area contributed by atoms with E-state index >= 15 is 0 Å². The molecule has 2 atom stereocenters. The summed E-state index contributed by atoms with van der Waals surface area (Å²) < 4.78 is 5.73. The van der Waals surface area contributed by atoms with Gasteiger partial charge in [-0.1, -0.05) is 6.42 Å². The van der Waals surface area contributed by atoms with Gasteiger partial charge in [-0.25, -0.2) is 0 Å². The molecule has 0 aromatic carbocycles. The highest BCUT2D eigenvalue weighted by Crippen LogP contribution is 2.13. The molecule has 1 saturated heterocycles. The Labute approximate surface area is 75.7 Å². The van der Waals surface area contributed by atoms with Gasteiger partial charge in [0.2, 0.25) is 0 Å². The molecule has 0 spiro atoms. The van der Waals surface area contributed by atoms with Gasteiger partial charge in [0, 0.05) is 6.04 Å². The second-order valence-corrected chi connectivity index (χ2v) is 3.95. The Kier molecular flexibility index (Phi) is 4.02. The lowest BCUT2D eigenvalue weighted by molar-refractivity contribution is -0.00781. The second kappa shape index (κ2) is 4.83. The molecular weight excluding hydrogens is 150 g/mol. The predicted octanol–water partition coefficient (Wildman–Crippen LogP) is 1.94. The Morgan fingerprint density at radius 2 is 2.00 bits per heavy atom. The lowest BCUT2D eigenvalue weighted by Gasteiger charge is -2.30. The third kappa shape index (κ3) is 3.11. The minimum Gasteiger partial charge on any atom is -0.374 e. The summed E-state index contributed by atoms with van der Waals surface area (Å²) in [6.45, 7) is 7.53. The van der Waals surface area contributed by atoms with Crippen molar-refractivity contribution in [2.75, 3.05) is 6.54 Å².